The van der Waals surface area contributed by atoms with Gasteiger partial charge in [0.2, 0.25) is 5.88 Å². The lowest BCUT2D eigenvalue weighted by atomic mass is 9.48. The Bertz CT molecular complexity index is 2000. The molecule has 2 N–H and O–H groups in total. The molecule has 0 atom stereocenters. The maximum atomic E-state index is 13.8. The number of nitrogens with one attached hydrogen (secondary N) is 1. The van der Waals surface area contributed by atoms with Gasteiger partial charge in [-0.2, -0.15) is 10.1 Å². The van der Waals surface area contributed by atoms with Crippen LogP contribution in [0.4, 0.5) is 5.69 Å². The molecule has 12 rings (SSSR count). The first-order valence-electron chi connectivity index (χ1n) is 18.6. The third kappa shape index (κ3) is 4.54. The molecule has 8 nitrogen and oxygen atoms in total. The molecule has 8 heteroatoms. The average Bonchev–Trinajstić information content (AvgIpc) is 3.34. The first-order valence-corrected chi connectivity index (χ1v) is 18.6. The molecule has 0 spiro atoms. The number of nitrogens with zero attached hydrogens (tertiary/aromatic N) is 3. The maximum Gasteiger partial charge on any atom is 0.335 e. The number of amides is 1. The fourth-order valence-corrected chi connectivity index (χ4v) is 12.8. The van der Waals surface area contributed by atoms with Gasteiger partial charge in [0, 0.05) is 0 Å². The van der Waals surface area contributed by atoms with Crippen LogP contribution in [0.2, 0.25) is 0 Å². The van der Waals surface area contributed by atoms with E-state index in [9.17, 15) is 19.5 Å². The van der Waals surface area contributed by atoms with Gasteiger partial charge in [0.05, 0.1) is 22.7 Å². The molecular formula is C41H44N4O4. The molecule has 0 saturated heterocycles. The number of carbonyl (C=O) groups excluding carboxylic acids is 1. The minimum absolute atomic E-state index is 0.151. The third-order valence-electron chi connectivity index (χ3n) is 14.0. The van der Waals surface area contributed by atoms with Crippen molar-refractivity contribution < 1.29 is 9.90 Å². The van der Waals surface area contributed by atoms with E-state index in [-0.39, 0.29) is 27.9 Å². The van der Waals surface area contributed by atoms with Gasteiger partial charge in [0.25, 0.3) is 11.5 Å². The van der Waals surface area contributed by atoms with Crippen molar-refractivity contribution in [2.24, 2.45) is 40.6 Å². The summed E-state index contributed by atoms with van der Waals surface area (Å²) < 4.78 is 1.12. The number of rotatable bonds is 5. The summed E-state index contributed by atoms with van der Waals surface area (Å²) in [5.74, 6) is 4.14. The first-order chi connectivity index (χ1) is 23.6. The van der Waals surface area contributed by atoms with Crippen LogP contribution in [0.5, 0.6) is 5.88 Å². The highest BCUT2D eigenvalue weighted by Crippen LogP contribution is 2.62. The topological polar surface area (TPSA) is 108 Å². The van der Waals surface area contributed by atoms with Crippen molar-refractivity contribution in [1.29, 1.82) is 0 Å². The molecule has 0 radical (unpaired) electrons. The number of aromatic hydroxyl groups is 1. The Morgan fingerprint density at radius 2 is 1.12 bits per heavy atom. The van der Waals surface area contributed by atoms with Crippen LogP contribution in [-0.2, 0) is 15.6 Å². The lowest BCUT2D eigenvalue weighted by Gasteiger charge is -2.57. The highest BCUT2D eigenvalue weighted by Gasteiger charge is 2.52. The van der Waals surface area contributed by atoms with Crippen LogP contribution >= 0.6 is 0 Å². The fourth-order valence-electron chi connectivity index (χ4n) is 12.8. The zero-order valence-corrected chi connectivity index (χ0v) is 28.2. The molecule has 8 fully saturated rings. The van der Waals surface area contributed by atoms with Crippen molar-refractivity contribution in [2.45, 2.75) is 94.8 Å². The van der Waals surface area contributed by atoms with Crippen molar-refractivity contribution in [3.63, 3.8) is 0 Å². The smallest absolute Gasteiger partial charge is 0.335 e. The highest BCUT2D eigenvalue weighted by atomic mass is 16.3. The van der Waals surface area contributed by atoms with Crippen LogP contribution in [0.3, 0.4) is 0 Å². The first kappa shape index (κ1) is 29.7. The predicted molar refractivity (Wildman–Crippen MR) is 189 cm³/mol. The average molecular weight is 657 g/mol. The van der Waals surface area contributed by atoms with E-state index in [2.05, 4.69) is 34.4 Å². The number of carbonyl (C=O) groups is 1. The number of aromatic nitrogens is 2. The monoisotopic (exact) mass is 656 g/mol. The van der Waals surface area contributed by atoms with Gasteiger partial charge in [-0.25, -0.2) is 9.36 Å². The Balaban J connectivity index is 0.927. The van der Waals surface area contributed by atoms with Gasteiger partial charge in [-0.05, 0) is 172 Å². The summed E-state index contributed by atoms with van der Waals surface area (Å²) in [5.41, 5.74) is 3.31. The van der Waals surface area contributed by atoms with Crippen LogP contribution < -0.4 is 16.3 Å². The summed E-state index contributed by atoms with van der Waals surface area (Å²) in [6.45, 7) is 1.72. The molecule has 0 unspecified atom stereocenters. The van der Waals surface area contributed by atoms with Gasteiger partial charge in [-0.1, -0.05) is 24.3 Å². The number of H-pyrrole nitrogens is 1. The molecule has 3 aromatic rings. The van der Waals surface area contributed by atoms with Crippen molar-refractivity contribution in [3.05, 3.63) is 91.6 Å². The zero-order valence-electron chi connectivity index (χ0n) is 28.2. The van der Waals surface area contributed by atoms with E-state index in [0.29, 0.717) is 17.1 Å². The molecule has 2 aromatic carbocycles. The van der Waals surface area contributed by atoms with E-state index in [1.165, 1.54) is 99.3 Å². The van der Waals surface area contributed by atoms with Gasteiger partial charge >= 0.3 is 5.69 Å². The summed E-state index contributed by atoms with van der Waals surface area (Å²) in [6.07, 6.45) is 17.2. The number of hydrogen-bond donors (Lipinski definition) is 2. The van der Waals surface area contributed by atoms with Gasteiger partial charge < -0.3 is 5.11 Å². The summed E-state index contributed by atoms with van der Waals surface area (Å²) in [5, 5.41) is 17.3. The summed E-state index contributed by atoms with van der Waals surface area (Å²) in [6, 6.07) is 16.3. The van der Waals surface area contributed by atoms with E-state index in [1.54, 1.807) is 6.92 Å². The second-order valence-corrected chi connectivity index (χ2v) is 17.2. The van der Waals surface area contributed by atoms with Gasteiger partial charge in [0.15, 0.2) is 0 Å². The molecule has 49 heavy (non-hydrogen) atoms. The molecular weight excluding hydrogens is 612 g/mol. The summed E-state index contributed by atoms with van der Waals surface area (Å²) in [7, 11) is 0. The number of benzene rings is 2. The van der Waals surface area contributed by atoms with E-state index in [4.69, 9.17) is 0 Å². The second-order valence-electron chi connectivity index (χ2n) is 17.2. The Kier molecular flexibility index (Phi) is 6.31. The number of hydrogen-bond acceptors (Lipinski definition) is 5. The molecule has 1 aliphatic heterocycles. The highest BCUT2D eigenvalue weighted by molar-refractivity contribution is 6.32. The largest absolute Gasteiger partial charge is 0.494 e. The van der Waals surface area contributed by atoms with E-state index < -0.39 is 17.1 Å². The van der Waals surface area contributed by atoms with Crippen molar-refractivity contribution in [3.8, 4) is 11.6 Å². The number of hydrazone groups is 1. The van der Waals surface area contributed by atoms with Crippen LogP contribution in [0, 0.1) is 35.5 Å². The van der Waals surface area contributed by atoms with Crippen molar-refractivity contribution >= 4 is 23.4 Å². The lowest BCUT2D eigenvalue weighted by molar-refractivity contribution is -0.114. The zero-order chi connectivity index (χ0) is 33.2. The molecule has 8 bridgehead atoms. The van der Waals surface area contributed by atoms with Crippen LogP contribution in [0.15, 0.2) is 68.8 Å². The summed E-state index contributed by atoms with van der Waals surface area (Å²) in [4.78, 5) is 42.3. The maximum absolute atomic E-state index is 13.8. The Morgan fingerprint density at radius 3 is 1.57 bits per heavy atom. The standard InChI is InChI=1S/C41H44N4O4/c1-23-34(38(48)45(43-23)33-8-4-31(5-9-33)41-20-27-13-28(21-41)15-29(14-27)22-41)16-35-36(46)42-39(49)44(37(35)47)32-6-2-30(3-7-32)40-17-24-10-25(18-40)12-26(11-24)19-40/h2-9,16,24-29,47H,10-15,17-22H2,1H3,(H,42,46,49)/b34-16-. The molecule has 2 heterocycles. The summed E-state index contributed by atoms with van der Waals surface area (Å²) >= 11 is 0. The molecule has 8 aliphatic carbocycles. The SMILES string of the molecule is CC1=NN(c2ccc(C34CC5CC(CC(C5)C3)C4)cc2)C(=O)/C1=C\c1c(O)n(-c2ccc(C34CC5CC(CC(C5)C3)C4)cc2)c(=O)[nH]c1=O. The number of anilines is 1. The Morgan fingerprint density at radius 1 is 0.694 bits per heavy atom. The predicted octanol–water partition coefficient (Wildman–Crippen LogP) is 6.97. The van der Waals surface area contributed by atoms with Gasteiger partial charge in [0.1, 0.15) is 5.56 Å². The second kappa shape index (κ2) is 10.4. The van der Waals surface area contributed by atoms with E-state index in [1.807, 2.05) is 24.3 Å². The Labute approximate surface area is 285 Å². The van der Waals surface area contributed by atoms with Crippen LogP contribution in [0.25, 0.3) is 11.8 Å². The molecule has 1 amide bonds. The van der Waals surface area contributed by atoms with Gasteiger partial charge in [-0.3, -0.25) is 14.6 Å². The quantitative estimate of drug-likeness (QED) is 0.289. The third-order valence-corrected chi connectivity index (χ3v) is 14.0. The van der Waals surface area contributed by atoms with Crippen molar-refractivity contribution in [2.75, 3.05) is 5.01 Å². The van der Waals surface area contributed by atoms with Crippen LogP contribution in [-0.4, -0.2) is 26.3 Å². The molecule has 9 aliphatic rings. The van der Waals surface area contributed by atoms with Gasteiger partial charge in [-0.15, -0.1) is 0 Å². The molecule has 1 aromatic heterocycles. The molecule has 8 saturated carbocycles. The van der Waals surface area contributed by atoms with Crippen molar-refractivity contribution in [1.82, 2.24) is 9.55 Å². The molecule has 252 valence electrons. The van der Waals surface area contributed by atoms with E-state index in [0.717, 1.165) is 40.1 Å². The minimum atomic E-state index is -0.754. The Hall–Kier alpha value is -4.20. The lowest BCUT2D eigenvalue weighted by Crippen LogP contribution is -2.48. The van der Waals surface area contributed by atoms with Crippen LogP contribution in [0.1, 0.15) is 101 Å². The normalized spacial score (nSPS) is 36.3. The number of aromatic amines is 1. The van der Waals surface area contributed by atoms with E-state index >= 15 is 0 Å². The fraction of sp³-hybridized carbons (Fsp3) is 0.512. The minimum Gasteiger partial charge on any atom is -0.494 e.